The molecule has 11 heteroatoms. The maximum atomic E-state index is 12.6. The number of alkyl halides is 3. The topological polar surface area (TPSA) is 95.7 Å². The van der Waals surface area contributed by atoms with Crippen LogP contribution in [0.3, 0.4) is 0 Å². The molecule has 3 heterocycles. The molecule has 32 heavy (non-hydrogen) atoms. The van der Waals surface area contributed by atoms with E-state index in [2.05, 4.69) is 4.98 Å². The highest BCUT2D eigenvalue weighted by Crippen LogP contribution is 2.31. The second kappa shape index (κ2) is 8.66. The minimum atomic E-state index is -4.43. The fraction of sp³-hybridized carbons (Fsp3) is 0.286. The molecule has 0 unspecified atom stereocenters. The van der Waals surface area contributed by atoms with Crippen LogP contribution in [0.1, 0.15) is 11.3 Å². The number of halogens is 3. The fourth-order valence-electron chi connectivity index (χ4n) is 3.24. The lowest BCUT2D eigenvalue weighted by atomic mass is 10.2. The lowest BCUT2D eigenvalue weighted by molar-refractivity contribution is -0.137. The van der Waals surface area contributed by atoms with E-state index >= 15 is 0 Å². The number of nitrogens with zero attached hydrogens (tertiary/aromatic N) is 4. The molecule has 8 nitrogen and oxygen atoms in total. The highest BCUT2D eigenvalue weighted by Gasteiger charge is 2.30. The molecule has 0 bridgehead atoms. The van der Waals surface area contributed by atoms with Crippen LogP contribution in [0.5, 0.6) is 5.75 Å². The van der Waals surface area contributed by atoms with E-state index in [-0.39, 0.29) is 29.8 Å². The van der Waals surface area contributed by atoms with Gasteiger partial charge in [0, 0.05) is 26.2 Å². The van der Waals surface area contributed by atoms with Crippen molar-refractivity contribution in [2.24, 2.45) is 0 Å². The molecule has 0 saturated carbocycles. The molecule has 0 spiro atoms. The third-order valence-electron chi connectivity index (χ3n) is 4.91. The molecule has 0 aliphatic carbocycles. The van der Waals surface area contributed by atoms with E-state index in [1.54, 1.807) is 17.0 Å². The standard InChI is InChI=1S/C21H17F3N4O4/c22-21(23,24)14-3-5-15(6-4-14)31-13-18(29)27-7-9-28(10-8-27)20-16(12-25)26-19(32-20)17-2-1-11-30-17/h1-6,11H,7-10,13H2. The summed E-state index contributed by atoms with van der Waals surface area (Å²) >= 11 is 0. The summed E-state index contributed by atoms with van der Waals surface area (Å²) < 4.78 is 54.1. The number of oxazole rings is 1. The lowest BCUT2D eigenvalue weighted by Gasteiger charge is -2.34. The van der Waals surface area contributed by atoms with Gasteiger partial charge < -0.3 is 23.4 Å². The molecule has 2 aromatic heterocycles. The number of piperazine rings is 1. The molecule has 166 valence electrons. The summed E-state index contributed by atoms with van der Waals surface area (Å²) in [5, 5.41) is 9.37. The van der Waals surface area contributed by atoms with Crippen LogP contribution < -0.4 is 9.64 Å². The van der Waals surface area contributed by atoms with Gasteiger partial charge in [0.1, 0.15) is 11.8 Å². The Bertz CT molecular complexity index is 1110. The number of carbonyl (C=O) groups excluding carboxylic acids is 1. The normalized spacial score (nSPS) is 14.3. The quantitative estimate of drug-likeness (QED) is 0.591. The summed E-state index contributed by atoms with van der Waals surface area (Å²) in [4.78, 5) is 20.0. The Morgan fingerprint density at radius 3 is 2.47 bits per heavy atom. The van der Waals surface area contributed by atoms with Crippen molar-refractivity contribution >= 4 is 11.8 Å². The van der Waals surface area contributed by atoms with Crippen molar-refractivity contribution in [3.05, 3.63) is 53.9 Å². The fourth-order valence-corrected chi connectivity index (χ4v) is 3.24. The Hall–Kier alpha value is -3.94. The Morgan fingerprint density at radius 2 is 1.88 bits per heavy atom. The number of nitriles is 1. The zero-order chi connectivity index (χ0) is 22.7. The van der Waals surface area contributed by atoms with Gasteiger partial charge in [-0.15, -0.1) is 0 Å². The monoisotopic (exact) mass is 446 g/mol. The van der Waals surface area contributed by atoms with Gasteiger partial charge >= 0.3 is 6.18 Å². The van der Waals surface area contributed by atoms with Crippen molar-refractivity contribution in [2.75, 3.05) is 37.7 Å². The molecule has 1 amide bonds. The SMILES string of the molecule is N#Cc1nc(-c2ccco2)oc1N1CCN(C(=O)COc2ccc(C(F)(F)F)cc2)CC1. The predicted octanol–water partition coefficient (Wildman–Crippen LogP) is 3.55. The largest absolute Gasteiger partial charge is 0.484 e. The zero-order valence-electron chi connectivity index (χ0n) is 16.6. The number of furan rings is 1. The van der Waals surface area contributed by atoms with Crippen molar-refractivity contribution < 1.29 is 31.5 Å². The molecule has 3 aromatic rings. The minimum Gasteiger partial charge on any atom is -0.484 e. The summed E-state index contributed by atoms with van der Waals surface area (Å²) in [6.45, 7) is 1.24. The first kappa shape index (κ1) is 21.3. The average molecular weight is 446 g/mol. The maximum Gasteiger partial charge on any atom is 0.416 e. The van der Waals surface area contributed by atoms with Crippen molar-refractivity contribution in [1.29, 1.82) is 5.26 Å². The summed E-state index contributed by atoms with van der Waals surface area (Å²) in [5.41, 5.74) is -0.659. The van der Waals surface area contributed by atoms with E-state index in [4.69, 9.17) is 13.6 Å². The lowest BCUT2D eigenvalue weighted by Crippen LogP contribution is -2.50. The van der Waals surface area contributed by atoms with Crippen LogP contribution in [0, 0.1) is 11.3 Å². The smallest absolute Gasteiger partial charge is 0.416 e. The van der Waals surface area contributed by atoms with E-state index < -0.39 is 11.7 Å². The Balaban J connectivity index is 1.32. The molecule has 1 fully saturated rings. The third kappa shape index (κ3) is 4.54. The van der Waals surface area contributed by atoms with Gasteiger partial charge in [-0.1, -0.05) is 0 Å². The Kier molecular flexibility index (Phi) is 5.77. The summed E-state index contributed by atoms with van der Waals surface area (Å²) in [7, 11) is 0. The van der Waals surface area contributed by atoms with Gasteiger partial charge in [-0.3, -0.25) is 4.79 Å². The third-order valence-corrected chi connectivity index (χ3v) is 4.91. The number of amides is 1. The van der Waals surface area contributed by atoms with Crippen LogP contribution in [-0.4, -0.2) is 48.6 Å². The van der Waals surface area contributed by atoms with Gasteiger partial charge in [-0.25, -0.2) is 0 Å². The highest BCUT2D eigenvalue weighted by molar-refractivity contribution is 5.78. The van der Waals surface area contributed by atoms with Gasteiger partial charge in [0.25, 0.3) is 11.8 Å². The summed E-state index contributed by atoms with van der Waals surface area (Å²) in [5.74, 6) is 0.800. The van der Waals surface area contributed by atoms with Gasteiger partial charge in [0.2, 0.25) is 11.6 Å². The van der Waals surface area contributed by atoms with Crippen LogP contribution in [0.15, 0.2) is 51.5 Å². The molecular formula is C21H17F3N4O4. The molecule has 1 aliphatic heterocycles. The maximum absolute atomic E-state index is 12.6. The number of rotatable bonds is 5. The molecule has 0 N–H and O–H groups in total. The Labute approximate surface area is 180 Å². The van der Waals surface area contributed by atoms with Gasteiger partial charge in [-0.05, 0) is 36.4 Å². The average Bonchev–Trinajstić information content (AvgIpc) is 3.47. The molecule has 0 atom stereocenters. The van der Waals surface area contributed by atoms with E-state index in [1.165, 1.54) is 18.4 Å². The van der Waals surface area contributed by atoms with Crippen LogP contribution in [0.25, 0.3) is 11.7 Å². The van der Waals surface area contributed by atoms with Crippen LogP contribution in [0.4, 0.5) is 19.1 Å². The number of benzene rings is 1. The molecule has 0 radical (unpaired) electrons. The van der Waals surface area contributed by atoms with E-state index in [0.717, 1.165) is 12.1 Å². The van der Waals surface area contributed by atoms with Crippen LogP contribution in [0.2, 0.25) is 0 Å². The van der Waals surface area contributed by atoms with E-state index in [1.807, 2.05) is 11.0 Å². The van der Waals surface area contributed by atoms with Crippen LogP contribution in [-0.2, 0) is 11.0 Å². The summed E-state index contributed by atoms with van der Waals surface area (Å²) in [6.07, 6.45) is -2.95. The van der Waals surface area contributed by atoms with Crippen molar-refractivity contribution in [2.45, 2.75) is 6.18 Å². The zero-order valence-corrected chi connectivity index (χ0v) is 16.6. The molecule has 1 saturated heterocycles. The number of anilines is 1. The number of carbonyl (C=O) groups is 1. The molecular weight excluding hydrogens is 429 g/mol. The van der Waals surface area contributed by atoms with E-state index in [0.29, 0.717) is 37.8 Å². The number of hydrogen-bond acceptors (Lipinski definition) is 7. The number of hydrogen-bond donors (Lipinski definition) is 0. The van der Waals surface area contributed by atoms with E-state index in [9.17, 15) is 23.2 Å². The molecule has 4 rings (SSSR count). The highest BCUT2D eigenvalue weighted by atomic mass is 19.4. The van der Waals surface area contributed by atoms with Crippen LogP contribution >= 0.6 is 0 Å². The van der Waals surface area contributed by atoms with Gasteiger partial charge in [0.15, 0.2) is 12.4 Å². The first-order chi connectivity index (χ1) is 15.3. The van der Waals surface area contributed by atoms with Gasteiger partial charge in [0.05, 0.1) is 11.8 Å². The summed E-state index contributed by atoms with van der Waals surface area (Å²) in [6, 6.07) is 9.52. The minimum absolute atomic E-state index is 0.127. The predicted molar refractivity (Wildman–Crippen MR) is 105 cm³/mol. The molecule has 1 aromatic carbocycles. The number of ether oxygens (including phenoxy) is 1. The van der Waals surface area contributed by atoms with Gasteiger partial charge in [-0.2, -0.15) is 23.4 Å². The van der Waals surface area contributed by atoms with Crippen molar-refractivity contribution in [3.63, 3.8) is 0 Å². The van der Waals surface area contributed by atoms with Crippen molar-refractivity contribution in [1.82, 2.24) is 9.88 Å². The first-order valence-electron chi connectivity index (χ1n) is 9.63. The molecule has 1 aliphatic rings. The second-order valence-corrected chi connectivity index (χ2v) is 6.94. The number of aromatic nitrogens is 1. The Morgan fingerprint density at radius 1 is 1.16 bits per heavy atom. The second-order valence-electron chi connectivity index (χ2n) is 6.94. The van der Waals surface area contributed by atoms with Crippen molar-refractivity contribution in [3.8, 4) is 23.5 Å². The first-order valence-corrected chi connectivity index (χ1v) is 9.63.